The van der Waals surface area contributed by atoms with Gasteiger partial charge in [0, 0.05) is 31.2 Å². The number of benzene rings is 1. The van der Waals surface area contributed by atoms with E-state index in [9.17, 15) is 8.42 Å². The fraction of sp³-hybridized carbons (Fsp3) is 0.588. The summed E-state index contributed by atoms with van der Waals surface area (Å²) >= 11 is 3.58. The number of halogens is 2. The Bertz CT molecular complexity index is 706. The third-order valence-corrected chi connectivity index (χ3v) is 6.57. The molecule has 1 aromatic carbocycles. The van der Waals surface area contributed by atoms with Gasteiger partial charge in [-0.3, -0.25) is 4.99 Å². The molecule has 6 nitrogen and oxygen atoms in total. The number of sulfonamides is 1. The Balaban J connectivity index is 0.00000338. The van der Waals surface area contributed by atoms with Gasteiger partial charge in [0.1, 0.15) is 0 Å². The summed E-state index contributed by atoms with van der Waals surface area (Å²) in [5, 5.41) is 6.77. The molecule has 1 saturated heterocycles. The van der Waals surface area contributed by atoms with Crippen LogP contribution in [0.25, 0.3) is 0 Å². The second-order valence-corrected chi connectivity index (χ2v) is 9.28. The number of hydrogen-bond donors (Lipinski definition) is 2. The van der Waals surface area contributed by atoms with Crippen LogP contribution in [0, 0.1) is 5.92 Å². The monoisotopic (exact) mass is 558 g/mol. The zero-order chi connectivity index (χ0) is 18.4. The van der Waals surface area contributed by atoms with Crippen molar-refractivity contribution in [2.24, 2.45) is 10.9 Å². The standard InChI is InChI=1S/C17H27BrN4O2S.HI/c1-13(15-6-4-5-7-16(15)18)21-17(19-2)20-12-14-8-10-22(11-9-14)25(3,23)24;/h4-7,13-14H,8-12H2,1-3H3,(H2,19,20,21);1H. The highest BCUT2D eigenvalue weighted by Gasteiger charge is 2.25. The molecule has 0 bridgehead atoms. The van der Waals surface area contributed by atoms with Crippen LogP contribution in [-0.2, 0) is 10.0 Å². The van der Waals surface area contributed by atoms with Crippen LogP contribution in [-0.4, -0.2) is 51.6 Å². The van der Waals surface area contributed by atoms with Crippen LogP contribution >= 0.6 is 39.9 Å². The highest BCUT2D eigenvalue weighted by Crippen LogP contribution is 2.22. The smallest absolute Gasteiger partial charge is 0.211 e. The van der Waals surface area contributed by atoms with Crippen LogP contribution < -0.4 is 10.6 Å². The first kappa shape index (κ1) is 23.6. The Morgan fingerprint density at radius 2 is 1.96 bits per heavy atom. The minimum Gasteiger partial charge on any atom is -0.356 e. The van der Waals surface area contributed by atoms with Crippen molar-refractivity contribution in [1.29, 1.82) is 0 Å². The number of aliphatic imine (C=N–C) groups is 1. The zero-order valence-corrected chi connectivity index (χ0v) is 20.1. The summed E-state index contributed by atoms with van der Waals surface area (Å²) in [5.41, 5.74) is 1.17. The summed E-state index contributed by atoms with van der Waals surface area (Å²) < 4.78 is 25.8. The SMILES string of the molecule is CN=C(NCC1CCN(S(C)(=O)=O)CC1)NC(C)c1ccccc1Br.I. The minimum atomic E-state index is -3.06. The topological polar surface area (TPSA) is 73.8 Å². The molecule has 1 fully saturated rings. The summed E-state index contributed by atoms with van der Waals surface area (Å²) in [7, 11) is -1.31. The highest BCUT2D eigenvalue weighted by molar-refractivity contribution is 14.0. The number of rotatable bonds is 5. The van der Waals surface area contributed by atoms with Crippen molar-refractivity contribution in [1.82, 2.24) is 14.9 Å². The number of piperidine rings is 1. The Morgan fingerprint density at radius 3 is 2.50 bits per heavy atom. The third-order valence-electron chi connectivity index (χ3n) is 4.55. The van der Waals surface area contributed by atoms with Gasteiger partial charge in [0.2, 0.25) is 10.0 Å². The van der Waals surface area contributed by atoms with Gasteiger partial charge in [-0.1, -0.05) is 34.1 Å². The molecule has 1 aliphatic rings. The van der Waals surface area contributed by atoms with Crippen molar-refractivity contribution in [2.45, 2.75) is 25.8 Å². The van der Waals surface area contributed by atoms with E-state index in [1.807, 2.05) is 18.2 Å². The Labute approximate surface area is 182 Å². The van der Waals surface area contributed by atoms with Crippen LogP contribution in [0.15, 0.2) is 33.7 Å². The first-order chi connectivity index (χ1) is 11.8. The fourth-order valence-corrected chi connectivity index (χ4v) is 4.49. The van der Waals surface area contributed by atoms with Gasteiger partial charge in [0.05, 0.1) is 12.3 Å². The molecule has 2 N–H and O–H groups in total. The molecule has 1 aliphatic heterocycles. The molecule has 1 aromatic rings. The maximum Gasteiger partial charge on any atom is 0.211 e. The lowest BCUT2D eigenvalue weighted by Crippen LogP contribution is -2.44. The molecule has 1 heterocycles. The second kappa shape index (κ2) is 10.8. The van der Waals surface area contributed by atoms with Crippen LogP contribution in [0.5, 0.6) is 0 Å². The summed E-state index contributed by atoms with van der Waals surface area (Å²) in [5.74, 6) is 1.21. The Morgan fingerprint density at radius 1 is 1.35 bits per heavy atom. The van der Waals surface area contributed by atoms with E-state index in [-0.39, 0.29) is 30.0 Å². The van der Waals surface area contributed by atoms with Gasteiger partial charge < -0.3 is 10.6 Å². The van der Waals surface area contributed by atoms with Crippen LogP contribution in [0.4, 0.5) is 0 Å². The van der Waals surface area contributed by atoms with E-state index in [2.05, 4.69) is 44.5 Å². The predicted molar refractivity (Wildman–Crippen MR) is 122 cm³/mol. The average molecular weight is 559 g/mol. The normalized spacial score (nSPS) is 18.1. The van der Waals surface area contributed by atoms with Crippen molar-refractivity contribution in [2.75, 3.05) is 32.9 Å². The van der Waals surface area contributed by atoms with Gasteiger partial charge in [0.25, 0.3) is 0 Å². The molecular weight excluding hydrogens is 531 g/mol. The molecule has 0 saturated carbocycles. The molecular formula is C17H28BrIN4O2S. The van der Waals surface area contributed by atoms with Crippen molar-refractivity contribution < 1.29 is 8.42 Å². The van der Waals surface area contributed by atoms with E-state index in [0.717, 1.165) is 29.8 Å². The molecule has 0 aromatic heterocycles. The molecule has 0 radical (unpaired) electrons. The molecule has 0 spiro atoms. The molecule has 148 valence electrons. The maximum atomic E-state index is 11.6. The number of hydrogen-bond acceptors (Lipinski definition) is 3. The quantitative estimate of drug-likeness (QED) is 0.331. The van der Waals surface area contributed by atoms with E-state index in [0.29, 0.717) is 19.0 Å². The van der Waals surface area contributed by atoms with E-state index < -0.39 is 10.0 Å². The molecule has 0 aliphatic carbocycles. The van der Waals surface area contributed by atoms with Crippen molar-refractivity contribution >= 4 is 55.9 Å². The molecule has 9 heteroatoms. The van der Waals surface area contributed by atoms with Gasteiger partial charge in [-0.25, -0.2) is 12.7 Å². The lowest BCUT2D eigenvalue weighted by Gasteiger charge is -2.30. The van der Waals surface area contributed by atoms with Crippen molar-refractivity contribution in [3.05, 3.63) is 34.3 Å². The molecule has 26 heavy (non-hydrogen) atoms. The summed E-state index contributed by atoms with van der Waals surface area (Å²) in [4.78, 5) is 4.29. The lowest BCUT2D eigenvalue weighted by molar-refractivity contribution is 0.274. The Hall–Kier alpha value is -0.390. The van der Waals surface area contributed by atoms with Gasteiger partial charge in [-0.2, -0.15) is 0 Å². The van der Waals surface area contributed by atoms with Crippen LogP contribution in [0.1, 0.15) is 31.4 Å². The minimum absolute atomic E-state index is 0. The zero-order valence-electron chi connectivity index (χ0n) is 15.4. The third kappa shape index (κ3) is 6.97. The number of nitrogens with one attached hydrogen (secondary N) is 2. The van der Waals surface area contributed by atoms with Gasteiger partial charge in [0.15, 0.2) is 5.96 Å². The molecule has 1 atom stereocenters. The Kier molecular flexibility index (Phi) is 9.84. The molecule has 0 amide bonds. The summed E-state index contributed by atoms with van der Waals surface area (Å²) in [6.07, 6.45) is 3.02. The summed E-state index contributed by atoms with van der Waals surface area (Å²) in [6, 6.07) is 8.24. The first-order valence-corrected chi connectivity index (χ1v) is 11.1. The molecule has 1 unspecified atom stereocenters. The number of nitrogens with zero attached hydrogens (tertiary/aromatic N) is 2. The van der Waals surface area contributed by atoms with E-state index in [1.165, 1.54) is 11.8 Å². The van der Waals surface area contributed by atoms with Crippen LogP contribution in [0.3, 0.4) is 0 Å². The fourth-order valence-electron chi connectivity index (χ4n) is 2.99. The van der Waals surface area contributed by atoms with E-state index in [1.54, 1.807) is 11.4 Å². The predicted octanol–water partition coefficient (Wildman–Crippen LogP) is 2.96. The van der Waals surface area contributed by atoms with Crippen molar-refractivity contribution in [3.8, 4) is 0 Å². The van der Waals surface area contributed by atoms with E-state index in [4.69, 9.17) is 0 Å². The van der Waals surface area contributed by atoms with Gasteiger partial charge in [-0.05, 0) is 37.3 Å². The summed E-state index contributed by atoms with van der Waals surface area (Å²) in [6.45, 7) is 4.09. The average Bonchev–Trinajstić information content (AvgIpc) is 2.58. The van der Waals surface area contributed by atoms with Gasteiger partial charge in [-0.15, -0.1) is 24.0 Å². The van der Waals surface area contributed by atoms with Gasteiger partial charge >= 0.3 is 0 Å². The first-order valence-electron chi connectivity index (χ1n) is 8.48. The lowest BCUT2D eigenvalue weighted by atomic mass is 9.98. The van der Waals surface area contributed by atoms with Crippen molar-refractivity contribution in [3.63, 3.8) is 0 Å². The highest BCUT2D eigenvalue weighted by atomic mass is 127. The second-order valence-electron chi connectivity index (χ2n) is 6.45. The largest absolute Gasteiger partial charge is 0.356 e. The van der Waals surface area contributed by atoms with E-state index >= 15 is 0 Å². The van der Waals surface area contributed by atoms with Crippen LogP contribution in [0.2, 0.25) is 0 Å². The maximum absolute atomic E-state index is 11.6. The molecule has 2 rings (SSSR count). The number of guanidine groups is 1.